The highest BCUT2D eigenvalue weighted by Gasteiger charge is 2.12. The molecule has 1 aromatic carbocycles. The molecule has 1 N–H and O–H groups in total. The zero-order valence-electron chi connectivity index (χ0n) is 13.0. The van der Waals surface area contributed by atoms with Crippen molar-refractivity contribution in [2.24, 2.45) is 0 Å². The smallest absolute Gasteiger partial charge is 0.165 e. The summed E-state index contributed by atoms with van der Waals surface area (Å²) in [6.45, 7) is 2.24. The van der Waals surface area contributed by atoms with Crippen LogP contribution in [0.15, 0.2) is 18.2 Å². The van der Waals surface area contributed by atoms with Gasteiger partial charge in [0.25, 0.3) is 0 Å². The fourth-order valence-electron chi connectivity index (χ4n) is 2.50. The van der Waals surface area contributed by atoms with E-state index in [9.17, 15) is 4.39 Å². The van der Waals surface area contributed by atoms with E-state index < -0.39 is 0 Å². The lowest BCUT2D eigenvalue weighted by molar-refractivity contribution is 0.384. The Kier molecular flexibility index (Phi) is 8.28. The van der Waals surface area contributed by atoms with Gasteiger partial charge in [0.15, 0.2) is 11.6 Å². The number of benzene rings is 1. The first-order valence-corrected chi connectivity index (χ1v) is 7.73. The van der Waals surface area contributed by atoms with Gasteiger partial charge in [0, 0.05) is 6.04 Å². The maximum absolute atomic E-state index is 13.4. The number of unbranched alkanes of at least 4 members (excludes halogenated alkanes) is 5. The normalized spacial score (nSPS) is 12.4. The van der Waals surface area contributed by atoms with Crippen molar-refractivity contribution in [3.63, 3.8) is 0 Å². The molecule has 0 saturated heterocycles. The molecule has 3 heteroatoms. The maximum Gasteiger partial charge on any atom is 0.165 e. The number of halogens is 1. The summed E-state index contributed by atoms with van der Waals surface area (Å²) in [6, 6.07) is 5.40. The van der Waals surface area contributed by atoms with Gasteiger partial charge >= 0.3 is 0 Å². The summed E-state index contributed by atoms with van der Waals surface area (Å²) in [5.41, 5.74) is 1.10. The number of ether oxygens (including phenoxy) is 1. The van der Waals surface area contributed by atoms with Crippen molar-refractivity contribution in [3.05, 3.63) is 29.6 Å². The molecule has 1 aromatic rings. The van der Waals surface area contributed by atoms with Crippen molar-refractivity contribution < 1.29 is 9.13 Å². The summed E-state index contributed by atoms with van der Waals surface area (Å²) in [7, 11) is 3.46. The number of methoxy groups -OCH3 is 1. The van der Waals surface area contributed by atoms with Crippen LogP contribution in [-0.4, -0.2) is 14.2 Å². The average Bonchev–Trinajstić information content (AvgIpc) is 2.47. The summed E-state index contributed by atoms with van der Waals surface area (Å²) in [4.78, 5) is 0. The molecule has 0 bridgehead atoms. The lowest BCUT2D eigenvalue weighted by Gasteiger charge is -2.17. The SMILES string of the molecule is CCCCCCCCC(NC)c1ccc(F)c(OC)c1. The molecule has 1 atom stereocenters. The standard InChI is InChI=1S/C17H28FNO/c1-4-5-6-7-8-9-10-16(19-2)14-11-12-15(18)17(13-14)20-3/h11-13,16,19H,4-10H2,1-3H3. The van der Waals surface area contributed by atoms with Crippen LogP contribution in [0.1, 0.15) is 63.5 Å². The third-order valence-corrected chi connectivity index (χ3v) is 3.77. The molecule has 0 amide bonds. The van der Waals surface area contributed by atoms with Crippen LogP contribution in [0.3, 0.4) is 0 Å². The first-order valence-electron chi connectivity index (χ1n) is 7.73. The highest BCUT2D eigenvalue weighted by Crippen LogP contribution is 2.25. The molecule has 0 aromatic heterocycles. The van der Waals surface area contributed by atoms with Gasteiger partial charge in [-0.05, 0) is 31.2 Å². The summed E-state index contributed by atoms with van der Waals surface area (Å²) in [6.07, 6.45) is 8.84. The van der Waals surface area contributed by atoms with Gasteiger partial charge in [0.2, 0.25) is 0 Å². The third kappa shape index (κ3) is 5.49. The van der Waals surface area contributed by atoms with Crippen LogP contribution in [0.25, 0.3) is 0 Å². The second-order valence-electron chi connectivity index (χ2n) is 5.29. The van der Waals surface area contributed by atoms with E-state index in [0.29, 0.717) is 5.75 Å². The number of hydrogen-bond donors (Lipinski definition) is 1. The molecule has 0 aliphatic rings. The minimum atomic E-state index is -0.300. The number of hydrogen-bond acceptors (Lipinski definition) is 2. The van der Waals surface area contributed by atoms with E-state index in [0.717, 1.165) is 12.0 Å². The Hall–Kier alpha value is -1.09. The lowest BCUT2D eigenvalue weighted by atomic mass is 9.99. The minimum absolute atomic E-state index is 0.274. The molecule has 1 unspecified atom stereocenters. The summed E-state index contributed by atoms with van der Waals surface area (Å²) in [5.74, 6) is 0.0244. The van der Waals surface area contributed by atoms with Gasteiger partial charge in [0.1, 0.15) is 0 Å². The van der Waals surface area contributed by atoms with Gasteiger partial charge in [0.05, 0.1) is 7.11 Å². The predicted octanol–water partition coefficient (Wildman–Crippen LogP) is 4.85. The van der Waals surface area contributed by atoms with E-state index in [1.807, 2.05) is 13.1 Å². The summed E-state index contributed by atoms with van der Waals surface area (Å²) in [5, 5.41) is 3.31. The number of nitrogens with one attached hydrogen (secondary N) is 1. The van der Waals surface area contributed by atoms with Crippen LogP contribution in [0, 0.1) is 5.82 Å². The molecule has 0 spiro atoms. The van der Waals surface area contributed by atoms with E-state index in [2.05, 4.69) is 12.2 Å². The molecule has 0 fully saturated rings. The van der Waals surface area contributed by atoms with Gasteiger partial charge in [-0.3, -0.25) is 0 Å². The monoisotopic (exact) mass is 281 g/mol. The van der Waals surface area contributed by atoms with Crippen LogP contribution in [-0.2, 0) is 0 Å². The van der Waals surface area contributed by atoms with E-state index in [1.54, 1.807) is 6.07 Å². The fraction of sp³-hybridized carbons (Fsp3) is 0.647. The molecule has 0 heterocycles. The van der Waals surface area contributed by atoms with Crippen molar-refractivity contribution in [1.82, 2.24) is 5.32 Å². The molecular formula is C17H28FNO. The van der Waals surface area contributed by atoms with Crippen LogP contribution < -0.4 is 10.1 Å². The summed E-state index contributed by atoms with van der Waals surface area (Å²) >= 11 is 0. The highest BCUT2D eigenvalue weighted by molar-refractivity contribution is 5.32. The van der Waals surface area contributed by atoms with Gasteiger partial charge in [-0.25, -0.2) is 4.39 Å². The molecule has 2 nitrogen and oxygen atoms in total. The van der Waals surface area contributed by atoms with Crippen LogP contribution in [0.2, 0.25) is 0 Å². The molecule has 1 rings (SSSR count). The Labute approximate surface area is 122 Å². The van der Waals surface area contributed by atoms with Crippen LogP contribution in [0.4, 0.5) is 4.39 Å². The molecule has 0 saturated carbocycles. The zero-order chi connectivity index (χ0) is 14.8. The van der Waals surface area contributed by atoms with Crippen molar-refractivity contribution >= 4 is 0 Å². The number of rotatable bonds is 10. The topological polar surface area (TPSA) is 21.3 Å². The van der Waals surface area contributed by atoms with Gasteiger partial charge in [-0.15, -0.1) is 0 Å². The largest absolute Gasteiger partial charge is 0.494 e. The Bertz CT molecular complexity index is 381. The lowest BCUT2D eigenvalue weighted by Crippen LogP contribution is -2.16. The zero-order valence-corrected chi connectivity index (χ0v) is 13.0. The second-order valence-corrected chi connectivity index (χ2v) is 5.29. The first-order chi connectivity index (χ1) is 9.72. The highest BCUT2D eigenvalue weighted by atomic mass is 19.1. The molecule has 20 heavy (non-hydrogen) atoms. The molecular weight excluding hydrogens is 253 g/mol. The Morgan fingerprint density at radius 2 is 1.85 bits per heavy atom. The van der Waals surface area contributed by atoms with E-state index >= 15 is 0 Å². The van der Waals surface area contributed by atoms with Crippen molar-refractivity contribution in [1.29, 1.82) is 0 Å². The second kappa shape index (κ2) is 9.76. The molecule has 114 valence electrons. The first kappa shape index (κ1) is 17.0. The van der Waals surface area contributed by atoms with Crippen molar-refractivity contribution in [2.45, 2.75) is 57.9 Å². The molecule has 0 aliphatic heterocycles. The maximum atomic E-state index is 13.4. The third-order valence-electron chi connectivity index (χ3n) is 3.77. The van der Waals surface area contributed by atoms with Crippen LogP contribution >= 0.6 is 0 Å². The van der Waals surface area contributed by atoms with E-state index in [4.69, 9.17) is 4.74 Å². The van der Waals surface area contributed by atoms with Gasteiger partial charge < -0.3 is 10.1 Å². The molecule has 0 aliphatic carbocycles. The molecule has 0 radical (unpaired) electrons. The predicted molar refractivity (Wildman–Crippen MR) is 82.7 cm³/mol. The summed E-state index contributed by atoms with van der Waals surface area (Å²) < 4.78 is 18.5. The van der Waals surface area contributed by atoms with Gasteiger partial charge in [-0.1, -0.05) is 51.5 Å². The quantitative estimate of drug-likeness (QED) is 0.619. The Morgan fingerprint density at radius 3 is 2.50 bits per heavy atom. The minimum Gasteiger partial charge on any atom is -0.494 e. The van der Waals surface area contributed by atoms with E-state index in [-0.39, 0.29) is 11.9 Å². The van der Waals surface area contributed by atoms with Crippen molar-refractivity contribution in [2.75, 3.05) is 14.2 Å². The van der Waals surface area contributed by atoms with Crippen LogP contribution in [0.5, 0.6) is 5.75 Å². The van der Waals surface area contributed by atoms with E-state index in [1.165, 1.54) is 51.7 Å². The Morgan fingerprint density at radius 1 is 1.15 bits per heavy atom. The Balaban J connectivity index is 2.45. The fourth-order valence-corrected chi connectivity index (χ4v) is 2.50. The van der Waals surface area contributed by atoms with Crippen molar-refractivity contribution in [3.8, 4) is 5.75 Å². The van der Waals surface area contributed by atoms with Gasteiger partial charge in [-0.2, -0.15) is 0 Å². The average molecular weight is 281 g/mol.